The maximum Gasteiger partial charge on any atom is 0.269 e. The van der Waals surface area contributed by atoms with Crippen LogP contribution in [0.5, 0.6) is 5.75 Å². The van der Waals surface area contributed by atoms with Gasteiger partial charge in [-0.25, -0.2) is 4.74 Å². The molecule has 0 radical (unpaired) electrons. The van der Waals surface area contributed by atoms with Gasteiger partial charge in [0, 0.05) is 55.4 Å². The lowest BCUT2D eigenvalue weighted by Crippen LogP contribution is -2.27. The summed E-state index contributed by atoms with van der Waals surface area (Å²) in [5, 5.41) is 14.2. The molecule has 0 aliphatic rings. The van der Waals surface area contributed by atoms with Crippen molar-refractivity contribution in [3.05, 3.63) is 106 Å². The van der Waals surface area contributed by atoms with Crippen molar-refractivity contribution in [1.82, 2.24) is 4.57 Å². The van der Waals surface area contributed by atoms with Gasteiger partial charge in [0.15, 0.2) is 7.28 Å². The number of halogens is 1. The van der Waals surface area contributed by atoms with Gasteiger partial charge in [-0.3, -0.25) is 10.1 Å². The standard InChI is InChI=1S/C30H29BrN3O3P/c1-5-33-28-12-7-6-11-26(28)27-20-25(17-18-29(27)33)38(30(2,3)4,37-24-10-8-9-21(31)19-24)32-22-13-15-23(16-14-22)34(35)36/h6-20H,5H2,1-4H3/t38-/m0/s1. The van der Waals surface area contributed by atoms with Gasteiger partial charge in [-0.15, -0.1) is 0 Å². The van der Waals surface area contributed by atoms with Crippen molar-refractivity contribution in [3.8, 4) is 5.75 Å². The fourth-order valence-corrected chi connectivity index (χ4v) is 8.30. The van der Waals surface area contributed by atoms with Gasteiger partial charge in [0.1, 0.15) is 5.75 Å². The molecule has 0 aliphatic carbocycles. The average molecular weight is 590 g/mol. The zero-order chi connectivity index (χ0) is 27.1. The molecular formula is C30H29BrN3O3P. The van der Waals surface area contributed by atoms with Gasteiger partial charge in [0.05, 0.1) is 10.6 Å². The molecule has 0 amide bonds. The molecule has 0 saturated heterocycles. The summed E-state index contributed by atoms with van der Waals surface area (Å²) in [6.45, 7) is 9.46. The molecule has 1 heterocycles. The number of fused-ring (bicyclic) bond motifs is 3. The van der Waals surface area contributed by atoms with Crippen molar-refractivity contribution in [2.45, 2.75) is 39.4 Å². The van der Waals surface area contributed by atoms with E-state index in [0.717, 1.165) is 21.7 Å². The molecule has 0 aliphatic heterocycles. The minimum atomic E-state index is -2.79. The molecule has 0 saturated carbocycles. The quantitative estimate of drug-likeness (QED) is 0.112. The van der Waals surface area contributed by atoms with Crippen LogP contribution in [0.4, 0.5) is 11.4 Å². The number of hydrogen-bond donors (Lipinski definition) is 0. The highest BCUT2D eigenvalue weighted by molar-refractivity contribution is 9.10. The van der Waals surface area contributed by atoms with E-state index >= 15 is 0 Å². The maximum absolute atomic E-state index is 11.3. The Bertz CT molecular complexity index is 1720. The SMILES string of the molecule is CCn1c2ccccc2c2cc([P@](=Nc3ccc([N+](=O)[O-])cc3)(Oc3cccc(Br)c3)C(C)(C)C)ccc21. The maximum atomic E-state index is 11.3. The summed E-state index contributed by atoms with van der Waals surface area (Å²) in [6.07, 6.45) is 0. The highest BCUT2D eigenvalue weighted by Crippen LogP contribution is 2.62. The van der Waals surface area contributed by atoms with E-state index in [2.05, 4.69) is 90.7 Å². The third-order valence-electron chi connectivity index (χ3n) is 6.68. The third-order valence-corrected chi connectivity index (χ3v) is 11.0. The highest BCUT2D eigenvalue weighted by atomic mass is 79.9. The summed E-state index contributed by atoms with van der Waals surface area (Å²) < 4.78 is 15.5. The van der Waals surface area contributed by atoms with E-state index in [0.29, 0.717) is 11.4 Å². The zero-order valence-corrected chi connectivity index (χ0v) is 24.2. The van der Waals surface area contributed by atoms with Crippen molar-refractivity contribution in [3.63, 3.8) is 0 Å². The van der Waals surface area contributed by atoms with Crippen LogP contribution < -0.4 is 9.83 Å². The van der Waals surface area contributed by atoms with Crippen molar-refractivity contribution >= 4 is 61.7 Å². The molecule has 0 spiro atoms. The van der Waals surface area contributed by atoms with Gasteiger partial charge in [0.2, 0.25) is 0 Å². The van der Waals surface area contributed by atoms with E-state index in [9.17, 15) is 10.1 Å². The topological polar surface area (TPSA) is 69.7 Å². The summed E-state index contributed by atoms with van der Waals surface area (Å²) in [5.41, 5.74) is 3.04. The van der Waals surface area contributed by atoms with Crippen LogP contribution in [-0.4, -0.2) is 14.6 Å². The van der Waals surface area contributed by atoms with Crippen LogP contribution in [0.25, 0.3) is 21.8 Å². The van der Waals surface area contributed by atoms with E-state index in [1.807, 2.05) is 24.3 Å². The third kappa shape index (κ3) is 4.65. The first-order valence-corrected chi connectivity index (χ1v) is 14.9. The van der Waals surface area contributed by atoms with Gasteiger partial charge in [-0.1, -0.05) is 61.0 Å². The van der Waals surface area contributed by atoms with E-state index in [1.165, 1.54) is 28.6 Å². The highest BCUT2D eigenvalue weighted by Gasteiger charge is 2.39. The lowest BCUT2D eigenvalue weighted by molar-refractivity contribution is -0.384. The molecule has 0 bridgehead atoms. The number of benzene rings is 4. The molecule has 5 aromatic rings. The normalized spacial score (nSPS) is 13.4. The molecule has 6 nitrogen and oxygen atoms in total. The molecule has 5 rings (SSSR count). The van der Waals surface area contributed by atoms with Gasteiger partial charge < -0.3 is 9.09 Å². The molecule has 0 unspecified atom stereocenters. The van der Waals surface area contributed by atoms with Crippen LogP contribution in [0, 0.1) is 10.1 Å². The Morgan fingerprint density at radius 2 is 1.63 bits per heavy atom. The number of nitrogens with zero attached hydrogens (tertiary/aromatic N) is 3. The van der Waals surface area contributed by atoms with Crippen molar-refractivity contribution < 1.29 is 9.45 Å². The summed E-state index contributed by atoms with van der Waals surface area (Å²) in [5.74, 6) is 0.712. The molecular weight excluding hydrogens is 561 g/mol. The molecule has 8 heteroatoms. The second-order valence-corrected chi connectivity index (χ2v) is 14.4. The minimum Gasteiger partial charge on any atom is -0.455 e. The lowest BCUT2D eigenvalue weighted by Gasteiger charge is -2.37. The molecule has 0 N–H and O–H groups in total. The Morgan fingerprint density at radius 1 is 0.921 bits per heavy atom. The fourth-order valence-electron chi connectivity index (χ4n) is 4.86. The van der Waals surface area contributed by atoms with Crippen molar-refractivity contribution in [2.24, 2.45) is 4.74 Å². The first-order valence-electron chi connectivity index (χ1n) is 12.5. The molecule has 38 heavy (non-hydrogen) atoms. The number of hydrogen-bond acceptors (Lipinski definition) is 4. The van der Waals surface area contributed by atoms with Crippen LogP contribution in [0.2, 0.25) is 0 Å². The van der Waals surface area contributed by atoms with Gasteiger partial charge >= 0.3 is 0 Å². The van der Waals surface area contributed by atoms with E-state index in [4.69, 9.17) is 9.27 Å². The minimum absolute atomic E-state index is 0.0327. The predicted octanol–water partition coefficient (Wildman–Crippen LogP) is 9.44. The van der Waals surface area contributed by atoms with Crippen LogP contribution >= 0.6 is 23.2 Å². The largest absolute Gasteiger partial charge is 0.455 e. The number of rotatable bonds is 6. The first-order chi connectivity index (χ1) is 18.1. The Morgan fingerprint density at radius 3 is 2.29 bits per heavy atom. The summed E-state index contributed by atoms with van der Waals surface area (Å²) in [6, 6.07) is 29.2. The Balaban J connectivity index is 1.83. The number of nitro groups is 1. The predicted molar refractivity (Wildman–Crippen MR) is 161 cm³/mol. The molecule has 194 valence electrons. The molecule has 4 aromatic carbocycles. The van der Waals surface area contributed by atoms with Crippen LogP contribution in [0.1, 0.15) is 27.7 Å². The number of nitro benzene ring substituents is 1. The smallest absolute Gasteiger partial charge is 0.269 e. The Labute approximate surface area is 230 Å². The van der Waals surface area contributed by atoms with Crippen LogP contribution in [-0.2, 0) is 6.54 Å². The lowest BCUT2D eigenvalue weighted by atomic mass is 10.1. The molecule has 1 atom stereocenters. The number of aryl methyl sites for hydroxylation is 1. The monoisotopic (exact) mass is 589 g/mol. The van der Waals surface area contributed by atoms with Gasteiger partial charge in [-0.05, 0) is 61.5 Å². The van der Waals surface area contributed by atoms with Gasteiger partial charge in [-0.2, -0.15) is 0 Å². The van der Waals surface area contributed by atoms with Crippen molar-refractivity contribution in [1.29, 1.82) is 0 Å². The zero-order valence-electron chi connectivity index (χ0n) is 21.8. The number of aromatic nitrogens is 1. The van der Waals surface area contributed by atoms with E-state index in [-0.39, 0.29) is 5.69 Å². The van der Waals surface area contributed by atoms with Gasteiger partial charge in [0.25, 0.3) is 5.69 Å². The second-order valence-electron chi connectivity index (χ2n) is 10.1. The Hall–Kier alpha value is -3.41. The van der Waals surface area contributed by atoms with Crippen LogP contribution in [0.3, 0.4) is 0 Å². The van der Waals surface area contributed by atoms with Crippen LogP contribution in [0.15, 0.2) is 100 Å². The number of non-ortho nitro benzene ring substituents is 1. The molecule has 1 aromatic heterocycles. The summed E-state index contributed by atoms with van der Waals surface area (Å²) >= 11 is 3.57. The van der Waals surface area contributed by atoms with Crippen molar-refractivity contribution in [2.75, 3.05) is 0 Å². The average Bonchev–Trinajstić information content (AvgIpc) is 3.21. The van der Waals surface area contributed by atoms with E-state index in [1.54, 1.807) is 12.1 Å². The molecule has 0 fully saturated rings. The number of para-hydroxylation sites is 1. The Kier molecular flexibility index (Phi) is 6.93. The fraction of sp³-hybridized carbons (Fsp3) is 0.200. The summed E-state index contributed by atoms with van der Waals surface area (Å²) in [4.78, 5) is 10.9. The summed E-state index contributed by atoms with van der Waals surface area (Å²) in [7, 11) is -2.79. The second kappa shape index (κ2) is 10.0. The van der Waals surface area contributed by atoms with E-state index < -0.39 is 17.4 Å². The first kappa shape index (κ1) is 26.2.